The maximum absolute atomic E-state index is 12.5. The molecule has 0 saturated carbocycles. The zero-order chi connectivity index (χ0) is 15.5. The molecule has 0 radical (unpaired) electrons. The lowest BCUT2D eigenvalue weighted by Gasteiger charge is -2.25. The minimum absolute atomic E-state index is 0.0300. The normalized spacial score (nSPS) is 25.5. The van der Waals surface area contributed by atoms with Gasteiger partial charge in [0.15, 0.2) is 0 Å². The fraction of sp³-hybridized carbons (Fsp3) is 0.929. The van der Waals surface area contributed by atoms with E-state index in [-0.39, 0.29) is 36.3 Å². The molecule has 1 aliphatic rings. The molecule has 0 aliphatic carbocycles. The van der Waals surface area contributed by atoms with Gasteiger partial charge >= 0.3 is 0 Å². The Kier molecular flexibility index (Phi) is 6.01. The molecule has 1 fully saturated rings. The standard InChI is InChI=1S/C14H28N2O3S/c1-6-11(4)13-14(17)16(7-8-20(5,18)19)12(15-13)9-10(2)3/h10-13,15H,6-9H2,1-5H3. The van der Waals surface area contributed by atoms with E-state index in [0.29, 0.717) is 5.92 Å². The van der Waals surface area contributed by atoms with Crippen molar-refractivity contribution in [1.82, 2.24) is 10.2 Å². The number of carbonyl (C=O) groups is 1. The van der Waals surface area contributed by atoms with Crippen molar-refractivity contribution in [3.63, 3.8) is 0 Å². The van der Waals surface area contributed by atoms with E-state index in [4.69, 9.17) is 0 Å². The van der Waals surface area contributed by atoms with E-state index in [2.05, 4.69) is 33.0 Å². The lowest BCUT2D eigenvalue weighted by molar-refractivity contribution is -0.130. The second-order valence-electron chi connectivity index (χ2n) is 6.34. The predicted molar refractivity (Wildman–Crippen MR) is 81.0 cm³/mol. The van der Waals surface area contributed by atoms with Gasteiger partial charge in [0.1, 0.15) is 9.84 Å². The molecule has 0 bridgehead atoms. The Hall–Kier alpha value is -0.620. The predicted octanol–water partition coefficient (Wildman–Crippen LogP) is 1.25. The van der Waals surface area contributed by atoms with Crippen LogP contribution in [0.4, 0.5) is 0 Å². The van der Waals surface area contributed by atoms with E-state index >= 15 is 0 Å². The van der Waals surface area contributed by atoms with Gasteiger partial charge in [-0.05, 0) is 18.3 Å². The van der Waals surface area contributed by atoms with Gasteiger partial charge in [0.25, 0.3) is 0 Å². The topological polar surface area (TPSA) is 66.5 Å². The van der Waals surface area contributed by atoms with Crippen molar-refractivity contribution in [3.05, 3.63) is 0 Å². The van der Waals surface area contributed by atoms with Gasteiger partial charge in [-0.3, -0.25) is 10.1 Å². The van der Waals surface area contributed by atoms with Gasteiger partial charge in [0, 0.05) is 12.8 Å². The molecule has 0 aromatic heterocycles. The Balaban J connectivity index is 2.82. The summed E-state index contributed by atoms with van der Waals surface area (Å²) in [5.74, 6) is 0.799. The smallest absolute Gasteiger partial charge is 0.241 e. The van der Waals surface area contributed by atoms with Crippen LogP contribution in [0.3, 0.4) is 0 Å². The molecule has 20 heavy (non-hydrogen) atoms. The van der Waals surface area contributed by atoms with E-state index in [1.807, 2.05) is 0 Å². The van der Waals surface area contributed by atoms with E-state index in [1.54, 1.807) is 4.90 Å². The molecule has 1 saturated heterocycles. The quantitative estimate of drug-likeness (QED) is 0.769. The molecule has 5 nitrogen and oxygen atoms in total. The first-order valence-corrected chi connectivity index (χ1v) is 9.46. The van der Waals surface area contributed by atoms with Crippen LogP contribution in [0.1, 0.15) is 40.5 Å². The number of carbonyl (C=O) groups excluding carboxylic acids is 1. The molecule has 1 heterocycles. The summed E-state index contributed by atoms with van der Waals surface area (Å²) in [7, 11) is -3.05. The van der Waals surface area contributed by atoms with Crippen molar-refractivity contribution in [2.75, 3.05) is 18.6 Å². The molecular formula is C14H28N2O3S. The van der Waals surface area contributed by atoms with Gasteiger partial charge in [-0.25, -0.2) is 8.42 Å². The van der Waals surface area contributed by atoms with Crippen molar-refractivity contribution < 1.29 is 13.2 Å². The summed E-state index contributed by atoms with van der Waals surface area (Å²) in [6.07, 6.45) is 2.95. The minimum Gasteiger partial charge on any atom is -0.325 e. The van der Waals surface area contributed by atoms with Gasteiger partial charge < -0.3 is 4.90 Å². The van der Waals surface area contributed by atoms with Crippen LogP contribution >= 0.6 is 0 Å². The third-order valence-electron chi connectivity index (χ3n) is 3.91. The zero-order valence-electron chi connectivity index (χ0n) is 13.2. The highest BCUT2D eigenvalue weighted by molar-refractivity contribution is 7.90. The summed E-state index contributed by atoms with van der Waals surface area (Å²) in [5.41, 5.74) is 0. The van der Waals surface area contributed by atoms with Gasteiger partial charge in [-0.2, -0.15) is 0 Å². The minimum atomic E-state index is -3.05. The lowest BCUT2D eigenvalue weighted by atomic mass is 9.99. The van der Waals surface area contributed by atoms with Crippen LogP contribution in [-0.2, 0) is 14.6 Å². The summed E-state index contributed by atoms with van der Waals surface area (Å²) >= 11 is 0. The molecule has 3 unspecified atom stereocenters. The van der Waals surface area contributed by atoms with Crippen LogP contribution in [0, 0.1) is 11.8 Å². The Labute approximate surface area is 123 Å². The van der Waals surface area contributed by atoms with E-state index in [0.717, 1.165) is 12.8 Å². The number of sulfone groups is 1. The molecule has 6 heteroatoms. The van der Waals surface area contributed by atoms with Crippen LogP contribution in [0.15, 0.2) is 0 Å². The van der Waals surface area contributed by atoms with Gasteiger partial charge in [-0.1, -0.05) is 34.1 Å². The van der Waals surface area contributed by atoms with Crippen LogP contribution in [0.25, 0.3) is 0 Å². The van der Waals surface area contributed by atoms with Crippen LogP contribution < -0.4 is 5.32 Å². The maximum Gasteiger partial charge on any atom is 0.241 e. The number of hydrogen-bond acceptors (Lipinski definition) is 4. The first kappa shape index (κ1) is 17.4. The van der Waals surface area contributed by atoms with E-state index < -0.39 is 9.84 Å². The molecule has 1 amide bonds. The highest BCUT2D eigenvalue weighted by Crippen LogP contribution is 2.23. The van der Waals surface area contributed by atoms with Gasteiger partial charge in [0.2, 0.25) is 5.91 Å². The Morgan fingerprint density at radius 1 is 1.30 bits per heavy atom. The maximum atomic E-state index is 12.5. The third kappa shape index (κ3) is 4.74. The number of nitrogens with one attached hydrogen (secondary N) is 1. The number of rotatable bonds is 7. The summed E-state index contributed by atoms with van der Waals surface area (Å²) in [5, 5.41) is 3.39. The second kappa shape index (κ2) is 6.89. The average molecular weight is 304 g/mol. The molecule has 3 atom stereocenters. The first-order chi connectivity index (χ1) is 9.15. The third-order valence-corrected chi connectivity index (χ3v) is 4.83. The molecule has 118 valence electrons. The average Bonchev–Trinajstić information content (AvgIpc) is 2.61. The molecule has 1 aliphatic heterocycles. The van der Waals surface area contributed by atoms with Crippen LogP contribution in [0.5, 0.6) is 0 Å². The molecular weight excluding hydrogens is 276 g/mol. The highest BCUT2D eigenvalue weighted by atomic mass is 32.2. The van der Waals surface area contributed by atoms with Crippen LogP contribution in [-0.4, -0.2) is 50.0 Å². The van der Waals surface area contributed by atoms with E-state index in [9.17, 15) is 13.2 Å². The zero-order valence-corrected chi connectivity index (χ0v) is 14.0. The summed E-state index contributed by atoms with van der Waals surface area (Å²) in [4.78, 5) is 14.2. The van der Waals surface area contributed by atoms with Gasteiger partial charge in [-0.15, -0.1) is 0 Å². The summed E-state index contributed by atoms with van der Waals surface area (Å²) < 4.78 is 22.7. The molecule has 1 rings (SSSR count). The fourth-order valence-corrected chi connectivity index (χ4v) is 3.04. The molecule has 0 aromatic carbocycles. The first-order valence-electron chi connectivity index (χ1n) is 7.40. The summed E-state index contributed by atoms with van der Waals surface area (Å²) in [6, 6.07) is -0.177. The molecule has 0 spiro atoms. The Morgan fingerprint density at radius 3 is 2.35 bits per heavy atom. The molecule has 0 aromatic rings. The fourth-order valence-electron chi connectivity index (χ4n) is 2.52. The number of nitrogens with zero attached hydrogens (tertiary/aromatic N) is 1. The lowest BCUT2D eigenvalue weighted by Crippen LogP contribution is -2.40. The summed E-state index contributed by atoms with van der Waals surface area (Å²) in [6.45, 7) is 8.63. The largest absolute Gasteiger partial charge is 0.325 e. The SMILES string of the molecule is CCC(C)C1NC(CC(C)C)N(CCS(C)(=O)=O)C1=O. The van der Waals surface area contributed by atoms with Gasteiger partial charge in [0.05, 0.1) is 18.0 Å². The second-order valence-corrected chi connectivity index (χ2v) is 8.60. The Morgan fingerprint density at radius 2 is 1.90 bits per heavy atom. The van der Waals surface area contributed by atoms with Crippen molar-refractivity contribution >= 4 is 15.7 Å². The van der Waals surface area contributed by atoms with Crippen molar-refractivity contribution in [3.8, 4) is 0 Å². The van der Waals surface area contributed by atoms with Crippen LogP contribution in [0.2, 0.25) is 0 Å². The van der Waals surface area contributed by atoms with E-state index in [1.165, 1.54) is 6.26 Å². The number of hydrogen-bond donors (Lipinski definition) is 1. The van der Waals surface area contributed by atoms with Crippen molar-refractivity contribution in [2.24, 2.45) is 11.8 Å². The van der Waals surface area contributed by atoms with Crippen molar-refractivity contribution in [1.29, 1.82) is 0 Å². The highest BCUT2D eigenvalue weighted by Gasteiger charge is 2.40. The Bertz CT molecular complexity index is 434. The van der Waals surface area contributed by atoms with Crippen molar-refractivity contribution in [2.45, 2.75) is 52.7 Å². The number of amides is 1. The monoisotopic (exact) mass is 304 g/mol. The molecule has 1 N–H and O–H groups in total.